The summed E-state index contributed by atoms with van der Waals surface area (Å²) in [5.41, 5.74) is 4.92. The Labute approximate surface area is 198 Å². The monoisotopic (exact) mass is 467 g/mol. The second-order valence-corrected chi connectivity index (χ2v) is 13.0. The van der Waals surface area contributed by atoms with E-state index < -0.39 is 10.0 Å². The van der Waals surface area contributed by atoms with Gasteiger partial charge in [0.15, 0.2) is 0 Å². The van der Waals surface area contributed by atoms with E-state index in [1.54, 1.807) is 12.1 Å². The number of hydrogen-bond donors (Lipinski definition) is 1. The normalized spacial score (nSPS) is 17.2. The minimum atomic E-state index is -3.69. The van der Waals surface area contributed by atoms with Crippen LogP contribution in [0.3, 0.4) is 0 Å². The molecule has 2 aromatic carbocycles. The Morgan fingerprint density at radius 3 is 2.33 bits per heavy atom. The Balaban J connectivity index is 1.68. The van der Waals surface area contributed by atoms with Crippen LogP contribution in [0.2, 0.25) is 0 Å². The Hall–Kier alpha value is -2.27. The lowest BCUT2D eigenvalue weighted by molar-refractivity contribution is 0.179. The molecule has 3 aromatic rings. The topological polar surface area (TPSA) is 59.3 Å². The molecule has 4 nitrogen and oxygen atoms in total. The molecule has 0 fully saturated rings. The molecule has 0 radical (unpaired) electrons. The van der Waals surface area contributed by atoms with Gasteiger partial charge in [-0.1, -0.05) is 60.1 Å². The maximum Gasteiger partial charge on any atom is 0.261 e. The molecule has 1 heterocycles. The third-order valence-electron chi connectivity index (χ3n) is 7.68. The van der Waals surface area contributed by atoms with Gasteiger partial charge in [0, 0.05) is 17.4 Å². The van der Waals surface area contributed by atoms with Crippen LogP contribution in [0.15, 0.2) is 45.7 Å². The second kappa shape index (κ2) is 8.19. The van der Waals surface area contributed by atoms with Gasteiger partial charge in [0.25, 0.3) is 10.0 Å². The number of furan rings is 1. The number of nitrogens with one attached hydrogen (secondary N) is 1. The fourth-order valence-corrected chi connectivity index (χ4v) is 5.95. The molecular weight excluding hydrogens is 430 g/mol. The van der Waals surface area contributed by atoms with Crippen molar-refractivity contribution < 1.29 is 12.8 Å². The highest BCUT2D eigenvalue weighted by Crippen LogP contribution is 2.43. The Bertz CT molecular complexity index is 1280. The lowest BCUT2D eigenvalue weighted by Crippen LogP contribution is -2.28. The number of sulfonamides is 1. The van der Waals surface area contributed by atoms with Crippen LogP contribution < -0.4 is 4.72 Å². The van der Waals surface area contributed by atoms with Crippen molar-refractivity contribution in [2.24, 2.45) is 11.3 Å². The molecular formula is C28H37NO3S. The first-order chi connectivity index (χ1) is 15.3. The molecule has 33 heavy (non-hydrogen) atoms. The summed E-state index contributed by atoms with van der Waals surface area (Å²) in [6, 6.07) is 11.1. The Kier molecular flexibility index (Phi) is 5.93. The van der Waals surface area contributed by atoms with Crippen molar-refractivity contribution >= 4 is 26.7 Å². The number of anilines is 1. The zero-order valence-corrected chi connectivity index (χ0v) is 21.8. The zero-order valence-electron chi connectivity index (χ0n) is 21.0. The summed E-state index contributed by atoms with van der Waals surface area (Å²) >= 11 is 0. The molecule has 0 amide bonds. The molecule has 1 aliphatic carbocycles. The van der Waals surface area contributed by atoms with Crippen molar-refractivity contribution in [1.82, 2.24) is 0 Å². The van der Waals surface area contributed by atoms with Crippen LogP contribution in [0.5, 0.6) is 0 Å². The van der Waals surface area contributed by atoms with Crippen molar-refractivity contribution in [2.75, 3.05) is 4.72 Å². The molecule has 1 atom stereocenters. The zero-order chi connectivity index (χ0) is 24.2. The van der Waals surface area contributed by atoms with E-state index >= 15 is 0 Å². The average Bonchev–Trinajstić information content (AvgIpc) is 3.09. The number of rotatable bonds is 5. The number of hydrogen-bond acceptors (Lipinski definition) is 3. The quantitative estimate of drug-likeness (QED) is 0.426. The third kappa shape index (κ3) is 4.57. The van der Waals surface area contributed by atoms with Crippen LogP contribution in [-0.2, 0) is 28.3 Å². The van der Waals surface area contributed by atoms with Crippen molar-refractivity contribution in [3.8, 4) is 0 Å². The van der Waals surface area contributed by atoms with Gasteiger partial charge in [0.1, 0.15) is 11.3 Å². The van der Waals surface area contributed by atoms with Crippen molar-refractivity contribution in [1.29, 1.82) is 0 Å². The summed E-state index contributed by atoms with van der Waals surface area (Å²) < 4.78 is 35.4. The van der Waals surface area contributed by atoms with E-state index in [2.05, 4.69) is 46.3 Å². The molecule has 1 N–H and O–H groups in total. The Morgan fingerprint density at radius 1 is 1.06 bits per heavy atom. The Morgan fingerprint density at radius 2 is 1.73 bits per heavy atom. The summed E-state index contributed by atoms with van der Waals surface area (Å²) in [4.78, 5) is 0.272. The van der Waals surface area contributed by atoms with Crippen molar-refractivity contribution in [3.05, 3.63) is 58.8 Å². The van der Waals surface area contributed by atoms with Crippen molar-refractivity contribution in [3.63, 3.8) is 0 Å². The van der Waals surface area contributed by atoms with Gasteiger partial charge >= 0.3 is 0 Å². The summed E-state index contributed by atoms with van der Waals surface area (Å²) in [5.74, 6) is 1.66. The van der Waals surface area contributed by atoms with Gasteiger partial charge in [0.2, 0.25) is 0 Å². The highest BCUT2D eigenvalue weighted by molar-refractivity contribution is 7.92. The largest absolute Gasteiger partial charge is 0.461 e. The van der Waals surface area contributed by atoms with Gasteiger partial charge in [-0.05, 0) is 71.9 Å². The van der Waals surface area contributed by atoms with E-state index in [1.807, 2.05) is 31.2 Å². The summed E-state index contributed by atoms with van der Waals surface area (Å²) in [7, 11) is -3.69. The van der Waals surface area contributed by atoms with Crippen LogP contribution in [-0.4, -0.2) is 8.42 Å². The molecule has 0 unspecified atom stereocenters. The molecule has 0 saturated carbocycles. The highest BCUT2D eigenvalue weighted by atomic mass is 32.2. The second-order valence-electron chi connectivity index (χ2n) is 11.3. The van der Waals surface area contributed by atoms with E-state index in [4.69, 9.17) is 4.42 Å². The minimum absolute atomic E-state index is 0.0259. The molecule has 1 aromatic heterocycles. The molecule has 5 heteroatoms. The fraction of sp³-hybridized carbons (Fsp3) is 0.500. The first-order valence-corrected chi connectivity index (χ1v) is 13.5. The molecule has 0 bridgehead atoms. The van der Waals surface area contributed by atoms with Gasteiger partial charge in [-0.2, -0.15) is 0 Å². The van der Waals surface area contributed by atoms with Gasteiger partial charge in [-0.3, -0.25) is 4.72 Å². The predicted molar refractivity (Wildman–Crippen MR) is 136 cm³/mol. The van der Waals surface area contributed by atoms with Gasteiger partial charge < -0.3 is 4.42 Å². The maximum absolute atomic E-state index is 13.2. The van der Waals surface area contributed by atoms with E-state index in [0.717, 1.165) is 53.5 Å². The standard InChI is InChI=1S/C28H37NO3S/c1-8-28(6,7)20-11-14-25-22(16-20)23-17-24(18(2)15-26(23)32-25)29-33(30,31)21-12-9-19(10-13-21)27(3,4)5/h9-10,12-13,15,17,20,29H,8,11,14,16H2,1-7H3/t20-/m1/s1. The summed E-state index contributed by atoms with van der Waals surface area (Å²) in [6.07, 6.45) is 4.20. The molecule has 1 aliphatic rings. The fourth-order valence-electron chi connectivity index (χ4n) is 4.83. The highest BCUT2D eigenvalue weighted by Gasteiger charge is 2.33. The van der Waals surface area contributed by atoms with Gasteiger partial charge in [0.05, 0.1) is 10.6 Å². The van der Waals surface area contributed by atoms with Crippen LogP contribution in [0, 0.1) is 18.3 Å². The van der Waals surface area contributed by atoms with Crippen LogP contribution in [0.4, 0.5) is 5.69 Å². The molecule has 0 saturated heterocycles. The van der Waals surface area contributed by atoms with Gasteiger partial charge in [-0.15, -0.1) is 0 Å². The van der Waals surface area contributed by atoms with E-state index in [0.29, 0.717) is 11.6 Å². The van der Waals surface area contributed by atoms with Gasteiger partial charge in [-0.25, -0.2) is 8.42 Å². The molecule has 0 aliphatic heterocycles. The van der Waals surface area contributed by atoms with Crippen molar-refractivity contribution in [2.45, 2.75) is 84.5 Å². The third-order valence-corrected chi connectivity index (χ3v) is 9.06. The van der Waals surface area contributed by atoms with E-state index in [-0.39, 0.29) is 15.7 Å². The predicted octanol–water partition coefficient (Wildman–Crippen LogP) is 7.38. The summed E-state index contributed by atoms with van der Waals surface area (Å²) in [6.45, 7) is 15.2. The van der Waals surface area contributed by atoms with Crippen LogP contribution in [0.25, 0.3) is 11.0 Å². The number of benzene rings is 2. The minimum Gasteiger partial charge on any atom is -0.461 e. The summed E-state index contributed by atoms with van der Waals surface area (Å²) in [5, 5.41) is 1.04. The number of fused-ring (bicyclic) bond motifs is 3. The van der Waals surface area contributed by atoms with Crippen LogP contribution >= 0.6 is 0 Å². The molecule has 0 spiro atoms. The molecule has 178 valence electrons. The molecule has 4 rings (SSSR count). The average molecular weight is 468 g/mol. The smallest absolute Gasteiger partial charge is 0.261 e. The SMILES string of the molecule is CCC(C)(C)[C@@H]1CCc2oc3cc(C)c(NS(=O)(=O)c4ccc(C(C)(C)C)cc4)cc3c2C1. The van der Waals surface area contributed by atoms with E-state index in [1.165, 1.54) is 5.56 Å². The first-order valence-electron chi connectivity index (χ1n) is 12.0. The first kappa shape index (κ1) is 23.9. The maximum atomic E-state index is 13.2. The van der Waals surface area contributed by atoms with Crippen LogP contribution in [0.1, 0.15) is 76.8 Å². The lowest BCUT2D eigenvalue weighted by atomic mass is 9.69. The lowest BCUT2D eigenvalue weighted by Gasteiger charge is -2.36. The van der Waals surface area contributed by atoms with E-state index in [9.17, 15) is 8.42 Å². The number of aryl methyl sites for hydroxylation is 2.